The number of carboxylic acid groups (broad SMARTS) is 1. The summed E-state index contributed by atoms with van der Waals surface area (Å²) in [6.07, 6.45) is 7.09. The van der Waals surface area contributed by atoms with E-state index in [2.05, 4.69) is 24.5 Å². The van der Waals surface area contributed by atoms with Crippen molar-refractivity contribution in [1.29, 1.82) is 0 Å². The van der Waals surface area contributed by atoms with Crippen LogP contribution in [0.15, 0.2) is 42.5 Å². The van der Waals surface area contributed by atoms with E-state index in [4.69, 9.17) is 4.74 Å². The standard InChI is InChI=1S/C33H42N2O7/c1-22(2)19-23-20-26(13-14-27(23)35-30(39)33(31(40)41)17-7-4-8-18-33)42-25-11-9-24(10-12-25)34-29(38)32(28(37)21-36)15-5-3-6-16-32/h9-14,20,22,36H,3-8,15-19,21H2,1-2H3,(H,34,38)(H,35,39)(H,40,41). The van der Waals surface area contributed by atoms with E-state index < -0.39 is 35.1 Å². The third-order valence-electron chi connectivity index (χ3n) is 8.67. The summed E-state index contributed by atoms with van der Waals surface area (Å²) in [5, 5.41) is 25.1. The molecule has 9 heteroatoms. The van der Waals surface area contributed by atoms with Crippen LogP contribution in [0.2, 0.25) is 0 Å². The van der Waals surface area contributed by atoms with Crippen molar-refractivity contribution in [2.45, 2.75) is 84.5 Å². The molecule has 2 aromatic carbocycles. The summed E-state index contributed by atoms with van der Waals surface area (Å²) in [5.74, 6) is -0.989. The minimum absolute atomic E-state index is 0.284. The second-order valence-corrected chi connectivity index (χ2v) is 12.1. The zero-order valence-corrected chi connectivity index (χ0v) is 24.5. The van der Waals surface area contributed by atoms with E-state index in [-0.39, 0.29) is 11.8 Å². The first-order valence-electron chi connectivity index (χ1n) is 15.0. The van der Waals surface area contributed by atoms with Crippen molar-refractivity contribution in [2.75, 3.05) is 17.2 Å². The maximum atomic E-state index is 13.2. The van der Waals surface area contributed by atoms with Crippen LogP contribution in [0.3, 0.4) is 0 Å². The van der Waals surface area contributed by atoms with Gasteiger partial charge in [-0.25, -0.2) is 0 Å². The molecule has 2 aliphatic carbocycles. The van der Waals surface area contributed by atoms with Gasteiger partial charge in [0.2, 0.25) is 11.8 Å². The number of nitrogens with one attached hydrogen (secondary N) is 2. The molecule has 2 aliphatic rings. The highest BCUT2D eigenvalue weighted by Gasteiger charge is 2.47. The number of Topliss-reactive ketones (excluding diaryl/α,β-unsaturated/α-hetero) is 1. The Labute approximate surface area is 247 Å². The van der Waals surface area contributed by atoms with Crippen molar-refractivity contribution < 1.29 is 34.1 Å². The van der Waals surface area contributed by atoms with Crippen LogP contribution in [0.4, 0.5) is 11.4 Å². The molecule has 226 valence electrons. The summed E-state index contributed by atoms with van der Waals surface area (Å²) >= 11 is 0. The van der Waals surface area contributed by atoms with E-state index in [1.54, 1.807) is 36.4 Å². The molecule has 0 bridgehead atoms. The van der Waals surface area contributed by atoms with Crippen LogP contribution in [-0.2, 0) is 25.6 Å². The highest BCUT2D eigenvalue weighted by Crippen LogP contribution is 2.40. The van der Waals surface area contributed by atoms with Crippen molar-refractivity contribution in [2.24, 2.45) is 16.7 Å². The molecule has 0 radical (unpaired) electrons. The van der Waals surface area contributed by atoms with Gasteiger partial charge in [-0.2, -0.15) is 0 Å². The predicted molar refractivity (Wildman–Crippen MR) is 160 cm³/mol. The minimum Gasteiger partial charge on any atom is -0.480 e. The van der Waals surface area contributed by atoms with E-state index in [9.17, 15) is 29.4 Å². The number of ketones is 1. The molecule has 0 spiro atoms. The van der Waals surface area contributed by atoms with E-state index in [0.29, 0.717) is 55.0 Å². The van der Waals surface area contributed by atoms with Gasteiger partial charge in [-0.1, -0.05) is 52.4 Å². The van der Waals surface area contributed by atoms with Crippen LogP contribution in [0.5, 0.6) is 11.5 Å². The quantitative estimate of drug-likeness (QED) is 0.236. The number of carbonyl (C=O) groups excluding carboxylic acids is 3. The van der Waals surface area contributed by atoms with Crippen molar-refractivity contribution in [3.63, 3.8) is 0 Å². The minimum atomic E-state index is -1.40. The molecule has 2 saturated carbocycles. The van der Waals surface area contributed by atoms with Crippen LogP contribution in [0.25, 0.3) is 0 Å². The zero-order chi connectivity index (χ0) is 30.3. The van der Waals surface area contributed by atoms with Gasteiger partial charge < -0.3 is 25.6 Å². The van der Waals surface area contributed by atoms with Crippen molar-refractivity contribution in [3.05, 3.63) is 48.0 Å². The number of amides is 2. The molecular weight excluding hydrogens is 536 g/mol. The normalized spacial score (nSPS) is 17.7. The van der Waals surface area contributed by atoms with Crippen LogP contribution in [-0.4, -0.2) is 40.4 Å². The van der Waals surface area contributed by atoms with Crippen molar-refractivity contribution in [1.82, 2.24) is 0 Å². The maximum absolute atomic E-state index is 13.2. The summed E-state index contributed by atoms with van der Waals surface area (Å²) in [5.41, 5.74) is -0.631. The first kappa shape index (κ1) is 31.2. The van der Waals surface area contributed by atoms with Crippen LogP contribution >= 0.6 is 0 Å². The molecule has 4 rings (SSSR count). The number of hydrogen-bond donors (Lipinski definition) is 4. The second-order valence-electron chi connectivity index (χ2n) is 12.1. The van der Waals surface area contributed by atoms with E-state index >= 15 is 0 Å². The average molecular weight is 579 g/mol. The Morgan fingerprint density at radius 2 is 1.33 bits per heavy atom. The number of ether oxygens (including phenoxy) is 1. The lowest BCUT2D eigenvalue weighted by molar-refractivity contribution is -0.156. The molecule has 0 aromatic heterocycles. The molecule has 4 N–H and O–H groups in total. The van der Waals surface area contributed by atoms with Gasteiger partial charge in [-0.05, 0) is 86.1 Å². The highest BCUT2D eigenvalue weighted by atomic mass is 16.5. The van der Waals surface area contributed by atoms with Crippen LogP contribution in [0, 0.1) is 16.7 Å². The molecule has 2 amide bonds. The molecule has 42 heavy (non-hydrogen) atoms. The molecule has 2 aromatic rings. The smallest absolute Gasteiger partial charge is 0.319 e. The van der Waals surface area contributed by atoms with Gasteiger partial charge in [0.25, 0.3) is 0 Å². The SMILES string of the molecule is CC(C)Cc1cc(Oc2ccc(NC(=O)C3(C(=O)CO)CCCCC3)cc2)ccc1NC(=O)C1(C(=O)O)CCCCC1. The van der Waals surface area contributed by atoms with Gasteiger partial charge in [-0.15, -0.1) is 0 Å². The number of benzene rings is 2. The van der Waals surface area contributed by atoms with Crippen LogP contribution < -0.4 is 15.4 Å². The number of carboxylic acids is 1. The first-order chi connectivity index (χ1) is 20.1. The van der Waals surface area contributed by atoms with Gasteiger partial charge in [-0.3, -0.25) is 19.2 Å². The Kier molecular flexibility index (Phi) is 10.0. The fourth-order valence-corrected chi connectivity index (χ4v) is 6.23. The summed E-state index contributed by atoms with van der Waals surface area (Å²) < 4.78 is 6.08. The Morgan fingerprint density at radius 1 is 0.786 bits per heavy atom. The van der Waals surface area contributed by atoms with Gasteiger partial charge in [0.15, 0.2) is 5.78 Å². The number of carbonyl (C=O) groups is 4. The van der Waals surface area contributed by atoms with E-state index in [1.165, 1.54) is 0 Å². The Balaban J connectivity index is 1.47. The maximum Gasteiger partial charge on any atom is 0.319 e. The summed E-state index contributed by atoms with van der Waals surface area (Å²) in [6, 6.07) is 12.2. The fourth-order valence-electron chi connectivity index (χ4n) is 6.23. The number of hydrogen-bond acceptors (Lipinski definition) is 6. The van der Waals surface area contributed by atoms with Gasteiger partial charge in [0.05, 0.1) is 0 Å². The number of aliphatic hydroxyl groups is 1. The average Bonchev–Trinajstić information content (AvgIpc) is 2.99. The molecule has 0 unspecified atom stereocenters. The summed E-state index contributed by atoms with van der Waals surface area (Å²) in [4.78, 5) is 51.0. The fraction of sp³-hybridized carbons (Fsp3) is 0.515. The van der Waals surface area contributed by atoms with Gasteiger partial charge in [0, 0.05) is 11.4 Å². The first-order valence-corrected chi connectivity index (χ1v) is 15.0. The van der Waals surface area contributed by atoms with E-state index in [1.807, 2.05) is 6.07 Å². The second kappa shape index (κ2) is 13.5. The van der Waals surface area contributed by atoms with Crippen molar-refractivity contribution in [3.8, 4) is 11.5 Å². The lowest BCUT2D eigenvalue weighted by Crippen LogP contribution is -2.45. The lowest BCUT2D eigenvalue weighted by atomic mass is 9.70. The summed E-state index contributed by atoms with van der Waals surface area (Å²) in [6.45, 7) is 3.48. The molecule has 9 nitrogen and oxygen atoms in total. The Bertz CT molecular complexity index is 1290. The Morgan fingerprint density at radius 3 is 1.88 bits per heavy atom. The predicted octanol–water partition coefficient (Wildman–Crippen LogP) is 6.10. The number of anilines is 2. The van der Waals surface area contributed by atoms with Crippen LogP contribution in [0.1, 0.15) is 83.6 Å². The number of rotatable bonds is 11. The van der Waals surface area contributed by atoms with Crippen molar-refractivity contribution >= 4 is 34.9 Å². The number of aliphatic carboxylic acids is 1. The molecule has 2 fully saturated rings. The molecule has 0 aliphatic heterocycles. The van der Waals surface area contributed by atoms with Gasteiger partial charge in [0.1, 0.15) is 28.9 Å². The third-order valence-corrected chi connectivity index (χ3v) is 8.67. The monoisotopic (exact) mass is 578 g/mol. The summed E-state index contributed by atoms with van der Waals surface area (Å²) in [7, 11) is 0. The van der Waals surface area contributed by atoms with Gasteiger partial charge >= 0.3 is 5.97 Å². The third kappa shape index (κ3) is 6.84. The lowest BCUT2D eigenvalue weighted by Gasteiger charge is -2.33. The molecular formula is C33H42N2O7. The highest BCUT2D eigenvalue weighted by molar-refractivity contribution is 6.12. The Hall–Kier alpha value is -3.72. The molecule has 0 heterocycles. The molecule has 0 atom stereocenters. The molecule has 0 saturated heterocycles. The topological polar surface area (TPSA) is 142 Å². The largest absolute Gasteiger partial charge is 0.480 e. The number of aliphatic hydroxyl groups excluding tert-OH is 1. The van der Waals surface area contributed by atoms with E-state index in [0.717, 1.165) is 44.1 Å². The zero-order valence-electron chi connectivity index (χ0n) is 24.5.